The summed E-state index contributed by atoms with van der Waals surface area (Å²) in [5, 5.41) is 0. The van der Waals surface area contributed by atoms with Gasteiger partial charge in [-0.15, -0.1) is 0 Å². The molecule has 0 aromatic heterocycles. The fourth-order valence-corrected chi connectivity index (χ4v) is 2.06. The van der Waals surface area contributed by atoms with Gasteiger partial charge in [0.2, 0.25) is 0 Å². The maximum Gasteiger partial charge on any atom is 0.0233 e. The zero-order valence-corrected chi connectivity index (χ0v) is 13.4. The molecule has 0 amide bonds. The number of piperidine rings is 1. The molecule has 0 spiro atoms. The Morgan fingerprint density at radius 1 is 1.12 bits per heavy atom. The molecular weight excluding hydrogens is 271 g/mol. The predicted molar refractivity (Wildman–Crippen MR) is 66.5 cm³/mol. The van der Waals surface area contributed by atoms with Gasteiger partial charge in [-0.25, -0.2) is 0 Å². The Hall–Kier alpha value is 0.284. The normalized spacial score (nSPS) is 17.3. The quantitative estimate of drug-likeness (QED) is 0.756. The van der Waals surface area contributed by atoms with Crippen LogP contribution < -0.4 is 0 Å². The zero-order chi connectivity index (χ0) is 9.80. The van der Waals surface area contributed by atoms with Crippen molar-refractivity contribution >= 4 is 0 Å². The van der Waals surface area contributed by atoms with E-state index in [1.807, 2.05) is 0 Å². The molecule has 0 unspecified atom stereocenters. The fourth-order valence-electron chi connectivity index (χ4n) is 2.06. The van der Waals surface area contributed by atoms with Crippen LogP contribution in [0.2, 0.25) is 0 Å². The molecule has 1 aliphatic rings. The number of rotatable bonds is 2. The van der Waals surface area contributed by atoms with Gasteiger partial charge >= 0.3 is 0 Å². The van der Waals surface area contributed by atoms with Gasteiger partial charge in [0, 0.05) is 39.3 Å². The first-order chi connectivity index (χ1) is 6.84. The van der Waals surface area contributed by atoms with Gasteiger partial charge in [-0.3, -0.25) is 4.90 Å². The molecule has 0 saturated carbocycles. The molecule has 1 aliphatic heterocycles. The summed E-state index contributed by atoms with van der Waals surface area (Å²) in [7, 11) is 0. The Kier molecular flexibility index (Phi) is 8.53. The van der Waals surface area contributed by atoms with Crippen LogP contribution >= 0.6 is 0 Å². The maximum absolute atomic E-state index is 2.56. The average Bonchev–Trinajstić information content (AvgIpc) is 2.23. The third-order valence-corrected chi connectivity index (χ3v) is 3.13. The summed E-state index contributed by atoms with van der Waals surface area (Å²) >= 11 is 0. The molecule has 87 valence electrons. The Balaban J connectivity index is 0.00000112. The van der Waals surface area contributed by atoms with Crippen molar-refractivity contribution < 1.29 is 32.7 Å². The van der Waals surface area contributed by atoms with E-state index in [2.05, 4.69) is 42.2 Å². The van der Waals surface area contributed by atoms with Crippen LogP contribution in [0.15, 0.2) is 30.3 Å². The van der Waals surface area contributed by atoms with Crippen LogP contribution in [-0.2, 0) is 39.3 Å². The van der Waals surface area contributed by atoms with Crippen LogP contribution in [-0.4, -0.2) is 18.0 Å². The van der Waals surface area contributed by atoms with Crippen LogP contribution in [0.25, 0.3) is 0 Å². The first-order valence-corrected chi connectivity index (χ1v) is 5.61. The van der Waals surface area contributed by atoms with E-state index in [9.17, 15) is 0 Å². The molecule has 16 heavy (non-hydrogen) atoms. The summed E-state index contributed by atoms with van der Waals surface area (Å²) in [6.45, 7) is 6.04. The van der Waals surface area contributed by atoms with E-state index >= 15 is 0 Å². The predicted octanol–water partition coefficient (Wildman–Crippen LogP) is 3.37. The summed E-state index contributed by atoms with van der Waals surface area (Å²) < 4.78 is 0. The minimum Gasteiger partial charge on any atom is -0.358 e. The second kappa shape index (κ2) is 8.39. The summed E-state index contributed by atoms with van der Waals surface area (Å²) in [5.41, 5.74) is 1.45. The summed E-state index contributed by atoms with van der Waals surface area (Å²) in [5.74, 6) is 0.932. The molecule has 1 radical (unpaired) electrons. The maximum atomic E-state index is 2.56. The molecule has 2 rings (SSSR count). The van der Waals surface area contributed by atoms with E-state index in [1.165, 1.54) is 31.5 Å². The third-order valence-electron chi connectivity index (χ3n) is 3.13. The minimum absolute atomic E-state index is 0. The molecule has 0 atom stereocenters. The van der Waals surface area contributed by atoms with Crippen LogP contribution in [0, 0.1) is 13.3 Å². The van der Waals surface area contributed by atoms with Crippen LogP contribution in [0.1, 0.15) is 25.3 Å². The van der Waals surface area contributed by atoms with Gasteiger partial charge < -0.3 is 7.43 Å². The van der Waals surface area contributed by atoms with Crippen molar-refractivity contribution in [2.45, 2.75) is 26.3 Å². The first kappa shape index (κ1) is 16.3. The number of hydrogen-bond acceptors (Lipinski definition) is 1. The fraction of sp³-hybridized carbons (Fsp3) is 0.500. The van der Waals surface area contributed by atoms with Gasteiger partial charge in [0.25, 0.3) is 0 Å². The van der Waals surface area contributed by atoms with Crippen LogP contribution in [0.3, 0.4) is 0 Å². The molecule has 1 fully saturated rings. The van der Waals surface area contributed by atoms with E-state index in [1.54, 1.807) is 0 Å². The van der Waals surface area contributed by atoms with Crippen LogP contribution in [0.4, 0.5) is 0 Å². The molecular formula is C14H22NY-. The Bertz CT molecular complexity index is 265. The van der Waals surface area contributed by atoms with Crippen molar-refractivity contribution in [2.75, 3.05) is 13.1 Å². The van der Waals surface area contributed by atoms with E-state index < -0.39 is 0 Å². The Labute approximate surface area is 125 Å². The van der Waals surface area contributed by atoms with E-state index in [0.717, 1.165) is 12.5 Å². The molecule has 1 saturated heterocycles. The molecule has 1 aromatic rings. The standard InChI is InChI=1S/C13H19N.CH3.Y/c1-12-7-9-14(10-8-12)11-13-5-3-2-4-6-13;;/h2-6,12H,7-11H2,1H3;1H3;/q;-1;. The molecule has 0 bridgehead atoms. The summed E-state index contributed by atoms with van der Waals surface area (Å²) in [6.07, 6.45) is 2.74. The van der Waals surface area contributed by atoms with Crippen molar-refractivity contribution in [3.63, 3.8) is 0 Å². The summed E-state index contributed by atoms with van der Waals surface area (Å²) in [4.78, 5) is 2.56. The van der Waals surface area contributed by atoms with Gasteiger partial charge in [-0.1, -0.05) is 37.3 Å². The van der Waals surface area contributed by atoms with E-state index in [-0.39, 0.29) is 40.1 Å². The van der Waals surface area contributed by atoms with Gasteiger partial charge in [-0.05, 0) is 37.4 Å². The SMILES string of the molecule is CC1CCN(Cc2ccccc2)CC1.[CH3-].[Y]. The zero-order valence-electron chi connectivity index (χ0n) is 10.5. The molecule has 1 nitrogen and oxygen atoms in total. The number of nitrogens with zero attached hydrogens (tertiary/aromatic N) is 1. The van der Waals surface area contributed by atoms with Crippen molar-refractivity contribution in [3.8, 4) is 0 Å². The van der Waals surface area contributed by atoms with Crippen LogP contribution in [0.5, 0.6) is 0 Å². The second-order valence-corrected chi connectivity index (χ2v) is 4.44. The van der Waals surface area contributed by atoms with E-state index in [0.29, 0.717) is 0 Å². The van der Waals surface area contributed by atoms with Gasteiger partial charge in [0.15, 0.2) is 0 Å². The molecule has 0 N–H and O–H groups in total. The summed E-state index contributed by atoms with van der Waals surface area (Å²) in [6, 6.07) is 10.8. The molecule has 1 aromatic carbocycles. The largest absolute Gasteiger partial charge is 0.358 e. The third kappa shape index (κ3) is 5.08. The smallest absolute Gasteiger partial charge is 0.0233 e. The minimum atomic E-state index is 0. The van der Waals surface area contributed by atoms with Crippen molar-refractivity contribution in [1.29, 1.82) is 0 Å². The van der Waals surface area contributed by atoms with Crippen molar-refractivity contribution in [3.05, 3.63) is 43.3 Å². The molecule has 1 heterocycles. The average molecular weight is 293 g/mol. The first-order valence-electron chi connectivity index (χ1n) is 5.61. The number of hydrogen-bond donors (Lipinski definition) is 0. The van der Waals surface area contributed by atoms with Crippen molar-refractivity contribution in [2.24, 2.45) is 5.92 Å². The second-order valence-electron chi connectivity index (χ2n) is 4.44. The number of benzene rings is 1. The monoisotopic (exact) mass is 293 g/mol. The van der Waals surface area contributed by atoms with Gasteiger partial charge in [0.1, 0.15) is 0 Å². The Morgan fingerprint density at radius 3 is 2.25 bits per heavy atom. The molecule has 2 heteroatoms. The van der Waals surface area contributed by atoms with Gasteiger partial charge in [-0.2, -0.15) is 0 Å². The van der Waals surface area contributed by atoms with Crippen molar-refractivity contribution in [1.82, 2.24) is 4.90 Å². The Morgan fingerprint density at radius 2 is 1.69 bits per heavy atom. The molecule has 0 aliphatic carbocycles. The van der Waals surface area contributed by atoms with Gasteiger partial charge in [0.05, 0.1) is 0 Å². The van der Waals surface area contributed by atoms with E-state index in [4.69, 9.17) is 0 Å². The number of likely N-dealkylation sites (tertiary alicyclic amines) is 1. The topological polar surface area (TPSA) is 3.24 Å².